The van der Waals surface area contributed by atoms with Crippen LogP contribution in [0.25, 0.3) is 0 Å². The lowest BCUT2D eigenvalue weighted by Gasteiger charge is -2.14. The molecule has 6 heteroatoms. The molecule has 1 saturated heterocycles. The van der Waals surface area contributed by atoms with E-state index in [2.05, 4.69) is 50.4 Å². The predicted molar refractivity (Wildman–Crippen MR) is 94.5 cm³/mol. The molecular weight excluding hydrogens is 371 g/mol. The van der Waals surface area contributed by atoms with Gasteiger partial charge in [-0.3, -0.25) is 4.99 Å². The topological polar surface area (TPSA) is 41.4 Å². The Morgan fingerprint density at radius 1 is 1.53 bits per heavy atom. The molecule has 1 aromatic heterocycles. The smallest absolute Gasteiger partial charge is 0.191 e. The van der Waals surface area contributed by atoms with Gasteiger partial charge in [0.2, 0.25) is 0 Å². The van der Waals surface area contributed by atoms with Crippen molar-refractivity contribution in [3.05, 3.63) is 24.0 Å². The summed E-state index contributed by atoms with van der Waals surface area (Å²) >= 11 is 2.06. The lowest BCUT2D eigenvalue weighted by Crippen LogP contribution is -2.39. The molecule has 0 aliphatic carbocycles. The minimum Gasteiger partial charge on any atom is -0.357 e. The van der Waals surface area contributed by atoms with Crippen LogP contribution >= 0.6 is 35.7 Å². The van der Waals surface area contributed by atoms with Gasteiger partial charge in [-0.2, -0.15) is 11.8 Å². The first-order chi connectivity index (χ1) is 8.78. The molecule has 0 spiro atoms. The van der Waals surface area contributed by atoms with Crippen molar-refractivity contribution in [2.24, 2.45) is 12.0 Å². The lowest BCUT2D eigenvalue weighted by atomic mass is 10.2. The van der Waals surface area contributed by atoms with E-state index < -0.39 is 0 Å². The number of aromatic nitrogens is 1. The van der Waals surface area contributed by atoms with E-state index in [0.717, 1.165) is 24.3 Å². The van der Waals surface area contributed by atoms with Gasteiger partial charge in [-0.05, 0) is 30.2 Å². The van der Waals surface area contributed by atoms with Crippen molar-refractivity contribution < 1.29 is 0 Å². The number of hydrogen-bond acceptors (Lipinski definition) is 2. The van der Waals surface area contributed by atoms with Gasteiger partial charge in [0.25, 0.3) is 0 Å². The molecule has 2 heterocycles. The number of nitrogens with one attached hydrogen (secondary N) is 2. The van der Waals surface area contributed by atoms with Crippen molar-refractivity contribution in [1.29, 1.82) is 0 Å². The van der Waals surface area contributed by atoms with Crippen LogP contribution in [0, 0.1) is 0 Å². The summed E-state index contributed by atoms with van der Waals surface area (Å²) in [5.41, 5.74) is 1.27. The first kappa shape index (κ1) is 16.7. The second kappa shape index (κ2) is 8.73. The summed E-state index contributed by atoms with van der Waals surface area (Å²) in [6.45, 7) is 1.83. The van der Waals surface area contributed by atoms with Crippen LogP contribution in [0.15, 0.2) is 23.5 Å². The number of nitrogens with zero attached hydrogens (tertiary/aromatic N) is 2. The highest BCUT2D eigenvalue weighted by Gasteiger charge is 2.15. The fourth-order valence-electron chi connectivity index (χ4n) is 2.09. The monoisotopic (exact) mass is 394 g/mol. The number of aryl methyl sites for hydroxylation is 1. The molecule has 1 aliphatic heterocycles. The molecular formula is C13H23IN4S. The Bertz CT molecular complexity index is 399. The summed E-state index contributed by atoms with van der Waals surface area (Å²) in [4.78, 5) is 4.25. The summed E-state index contributed by atoms with van der Waals surface area (Å²) in [7, 11) is 3.86. The maximum absolute atomic E-state index is 4.25. The first-order valence-corrected chi connectivity index (χ1v) is 7.50. The number of rotatable bonds is 4. The Morgan fingerprint density at radius 2 is 2.37 bits per heavy atom. The number of halogens is 1. The van der Waals surface area contributed by atoms with Gasteiger partial charge in [-0.15, -0.1) is 24.0 Å². The quantitative estimate of drug-likeness (QED) is 0.468. The van der Waals surface area contributed by atoms with Crippen molar-refractivity contribution in [2.45, 2.75) is 24.6 Å². The minimum absolute atomic E-state index is 0. The number of thioether (sulfide) groups is 1. The van der Waals surface area contributed by atoms with Gasteiger partial charge in [0.15, 0.2) is 5.96 Å². The van der Waals surface area contributed by atoms with Gasteiger partial charge >= 0.3 is 0 Å². The molecule has 1 aromatic rings. The molecule has 1 aliphatic rings. The minimum atomic E-state index is 0. The summed E-state index contributed by atoms with van der Waals surface area (Å²) in [6.07, 6.45) is 6.86. The van der Waals surface area contributed by atoms with Crippen LogP contribution in [0.1, 0.15) is 18.4 Å². The normalized spacial score (nSPS) is 19.1. The average molecular weight is 394 g/mol. The zero-order valence-electron chi connectivity index (χ0n) is 11.6. The predicted octanol–water partition coefficient (Wildman–Crippen LogP) is 2.20. The summed E-state index contributed by atoms with van der Waals surface area (Å²) < 4.78 is 2.06. The van der Waals surface area contributed by atoms with E-state index in [9.17, 15) is 0 Å². The van der Waals surface area contributed by atoms with Gasteiger partial charge in [0, 0.05) is 44.8 Å². The van der Waals surface area contributed by atoms with E-state index in [-0.39, 0.29) is 24.0 Å². The van der Waals surface area contributed by atoms with Gasteiger partial charge in [0.1, 0.15) is 0 Å². The Kier molecular flexibility index (Phi) is 7.67. The molecule has 108 valence electrons. The molecule has 0 amide bonds. The van der Waals surface area contributed by atoms with Gasteiger partial charge in [-0.1, -0.05) is 0 Å². The Labute approximate surface area is 136 Å². The molecule has 1 fully saturated rings. The fourth-order valence-corrected chi connectivity index (χ4v) is 3.29. The van der Waals surface area contributed by atoms with Crippen molar-refractivity contribution in [3.63, 3.8) is 0 Å². The molecule has 0 saturated carbocycles. The highest BCUT2D eigenvalue weighted by Crippen LogP contribution is 2.25. The highest BCUT2D eigenvalue weighted by atomic mass is 127. The number of hydrogen-bond donors (Lipinski definition) is 2. The van der Waals surface area contributed by atoms with E-state index >= 15 is 0 Å². The van der Waals surface area contributed by atoms with Crippen molar-refractivity contribution in [2.75, 3.05) is 19.3 Å². The summed E-state index contributed by atoms with van der Waals surface area (Å²) in [5, 5.41) is 7.49. The van der Waals surface area contributed by atoms with Crippen LogP contribution in [0.5, 0.6) is 0 Å². The number of guanidine groups is 1. The van der Waals surface area contributed by atoms with Gasteiger partial charge in [-0.25, -0.2) is 0 Å². The average Bonchev–Trinajstić information content (AvgIpc) is 3.01. The molecule has 2 rings (SSSR count). The third kappa shape index (κ3) is 5.64. The Balaban J connectivity index is 0.00000180. The third-order valence-corrected chi connectivity index (χ3v) is 4.50. The van der Waals surface area contributed by atoms with Crippen LogP contribution in [-0.4, -0.2) is 35.1 Å². The molecule has 1 unspecified atom stereocenters. The first-order valence-electron chi connectivity index (χ1n) is 6.45. The zero-order chi connectivity index (χ0) is 12.8. The van der Waals surface area contributed by atoms with E-state index in [4.69, 9.17) is 0 Å². The summed E-state index contributed by atoms with van der Waals surface area (Å²) in [5.74, 6) is 2.20. The van der Waals surface area contributed by atoms with Crippen LogP contribution in [-0.2, 0) is 13.6 Å². The van der Waals surface area contributed by atoms with Crippen LogP contribution in [0.2, 0.25) is 0 Å². The maximum Gasteiger partial charge on any atom is 0.191 e. The molecule has 19 heavy (non-hydrogen) atoms. The third-order valence-electron chi connectivity index (χ3n) is 3.10. The van der Waals surface area contributed by atoms with E-state index in [1.54, 1.807) is 0 Å². The zero-order valence-corrected chi connectivity index (χ0v) is 14.7. The Hall–Kier alpha value is -0.370. The lowest BCUT2D eigenvalue weighted by molar-refractivity contribution is 0.725. The van der Waals surface area contributed by atoms with Gasteiger partial charge < -0.3 is 15.2 Å². The van der Waals surface area contributed by atoms with E-state index in [1.807, 2.05) is 14.1 Å². The second-order valence-electron chi connectivity index (χ2n) is 4.63. The van der Waals surface area contributed by atoms with E-state index in [1.165, 1.54) is 24.2 Å². The van der Waals surface area contributed by atoms with Crippen LogP contribution in [0.4, 0.5) is 0 Å². The highest BCUT2D eigenvalue weighted by molar-refractivity contribution is 14.0. The molecule has 0 bridgehead atoms. The molecule has 4 nitrogen and oxygen atoms in total. The SMILES string of the molecule is CN=C(NCc1ccn(C)c1)NCC1CCCS1.I. The molecule has 1 atom stereocenters. The fraction of sp³-hybridized carbons (Fsp3) is 0.615. The van der Waals surface area contributed by atoms with Crippen LogP contribution in [0.3, 0.4) is 0 Å². The number of aliphatic imine (C=N–C) groups is 1. The van der Waals surface area contributed by atoms with Crippen LogP contribution < -0.4 is 10.6 Å². The van der Waals surface area contributed by atoms with Crippen molar-refractivity contribution >= 4 is 41.7 Å². The molecule has 0 aromatic carbocycles. The summed E-state index contributed by atoms with van der Waals surface area (Å²) in [6, 6.07) is 2.12. The molecule has 0 radical (unpaired) electrons. The standard InChI is InChI=1S/C13H22N4S.HI/c1-14-13(16-9-12-4-3-7-18-12)15-8-11-5-6-17(2)10-11;/h5-6,10,12H,3-4,7-9H2,1-2H3,(H2,14,15,16);1H. The van der Waals surface area contributed by atoms with Crippen molar-refractivity contribution in [3.8, 4) is 0 Å². The largest absolute Gasteiger partial charge is 0.357 e. The Morgan fingerprint density at radius 3 is 2.95 bits per heavy atom. The van der Waals surface area contributed by atoms with Crippen molar-refractivity contribution in [1.82, 2.24) is 15.2 Å². The van der Waals surface area contributed by atoms with Gasteiger partial charge in [0.05, 0.1) is 0 Å². The molecule has 2 N–H and O–H groups in total. The van der Waals surface area contributed by atoms with E-state index in [0.29, 0.717) is 0 Å². The maximum atomic E-state index is 4.25. The second-order valence-corrected chi connectivity index (χ2v) is 6.04.